The van der Waals surface area contributed by atoms with E-state index in [9.17, 15) is 0 Å². The zero-order chi connectivity index (χ0) is 10.1. The average molecular weight is 195 g/mol. The second kappa shape index (κ2) is 3.20. The smallest absolute Gasteiger partial charge is 0.0559 e. The molecule has 0 fully saturated rings. The van der Waals surface area contributed by atoms with Crippen molar-refractivity contribution >= 4 is 10.9 Å². The van der Waals surface area contributed by atoms with Crippen LogP contribution >= 0.6 is 0 Å². The van der Waals surface area contributed by atoms with Crippen molar-refractivity contribution in [1.82, 2.24) is 14.5 Å². The van der Waals surface area contributed by atoms with Crippen LogP contribution in [0.4, 0.5) is 0 Å². The van der Waals surface area contributed by atoms with Crippen LogP contribution in [0.25, 0.3) is 16.6 Å². The third-order valence-electron chi connectivity index (χ3n) is 2.43. The van der Waals surface area contributed by atoms with Gasteiger partial charge in [0.05, 0.1) is 5.52 Å². The molecule has 3 nitrogen and oxygen atoms in total. The van der Waals surface area contributed by atoms with Crippen LogP contribution < -0.4 is 0 Å². The summed E-state index contributed by atoms with van der Waals surface area (Å²) in [6, 6.07) is 8.04. The maximum atomic E-state index is 4.09. The Bertz CT molecular complexity index is 584. The molecule has 0 aliphatic rings. The molecular formula is C12H9N3. The van der Waals surface area contributed by atoms with Crippen molar-refractivity contribution in [1.29, 1.82) is 0 Å². The molecule has 3 rings (SSSR count). The molecule has 3 heteroatoms. The molecule has 0 amide bonds. The molecule has 0 unspecified atom stereocenters. The lowest BCUT2D eigenvalue weighted by Gasteiger charge is -2.03. The second-order valence-corrected chi connectivity index (χ2v) is 3.33. The van der Waals surface area contributed by atoms with E-state index in [1.165, 1.54) is 0 Å². The molecule has 0 N–H and O–H groups in total. The molecule has 3 aromatic heterocycles. The van der Waals surface area contributed by atoms with Crippen molar-refractivity contribution in [2.75, 3.05) is 0 Å². The molecule has 0 atom stereocenters. The SMILES string of the molecule is c1cc(-n2ccc3cnccc32)ccn1. The topological polar surface area (TPSA) is 30.7 Å². The van der Waals surface area contributed by atoms with E-state index in [1.54, 1.807) is 18.6 Å². The number of fused-ring (bicyclic) bond motifs is 1. The molecule has 0 aromatic carbocycles. The van der Waals surface area contributed by atoms with Gasteiger partial charge in [-0.3, -0.25) is 9.97 Å². The Balaban J connectivity index is 2.28. The monoisotopic (exact) mass is 195 g/mol. The number of nitrogens with zero attached hydrogens (tertiary/aromatic N) is 3. The fourth-order valence-electron chi connectivity index (χ4n) is 1.71. The summed E-state index contributed by atoms with van der Waals surface area (Å²) in [5.41, 5.74) is 2.28. The van der Waals surface area contributed by atoms with Crippen molar-refractivity contribution in [2.24, 2.45) is 0 Å². The minimum Gasteiger partial charge on any atom is -0.316 e. The van der Waals surface area contributed by atoms with Crippen molar-refractivity contribution in [3.05, 3.63) is 55.2 Å². The molecule has 0 bridgehead atoms. The Morgan fingerprint density at radius 2 is 1.67 bits per heavy atom. The number of pyridine rings is 2. The Morgan fingerprint density at radius 1 is 0.867 bits per heavy atom. The molecule has 0 saturated carbocycles. The van der Waals surface area contributed by atoms with Gasteiger partial charge >= 0.3 is 0 Å². The molecule has 0 spiro atoms. The van der Waals surface area contributed by atoms with E-state index >= 15 is 0 Å². The first kappa shape index (κ1) is 8.17. The van der Waals surface area contributed by atoms with Crippen LogP contribution in [0, 0.1) is 0 Å². The van der Waals surface area contributed by atoms with Crippen molar-refractivity contribution in [2.45, 2.75) is 0 Å². The van der Waals surface area contributed by atoms with Gasteiger partial charge < -0.3 is 4.57 Å². The number of hydrogen-bond donors (Lipinski definition) is 0. The van der Waals surface area contributed by atoms with E-state index < -0.39 is 0 Å². The van der Waals surface area contributed by atoms with E-state index in [1.807, 2.05) is 30.6 Å². The van der Waals surface area contributed by atoms with Crippen molar-refractivity contribution in [3.63, 3.8) is 0 Å². The first-order valence-electron chi connectivity index (χ1n) is 4.76. The van der Waals surface area contributed by atoms with Crippen LogP contribution in [0.2, 0.25) is 0 Å². The lowest BCUT2D eigenvalue weighted by atomic mass is 10.3. The van der Waals surface area contributed by atoms with Gasteiger partial charge in [0, 0.05) is 42.1 Å². The van der Waals surface area contributed by atoms with Crippen LogP contribution in [0.1, 0.15) is 0 Å². The number of aromatic nitrogens is 3. The van der Waals surface area contributed by atoms with Gasteiger partial charge in [0.15, 0.2) is 0 Å². The fraction of sp³-hybridized carbons (Fsp3) is 0. The molecule has 15 heavy (non-hydrogen) atoms. The normalized spacial score (nSPS) is 10.7. The van der Waals surface area contributed by atoms with E-state index in [2.05, 4.69) is 20.6 Å². The van der Waals surface area contributed by atoms with Crippen molar-refractivity contribution < 1.29 is 0 Å². The van der Waals surface area contributed by atoms with Gasteiger partial charge in [-0.05, 0) is 24.3 Å². The highest BCUT2D eigenvalue weighted by Crippen LogP contribution is 2.18. The minimum atomic E-state index is 1.12. The van der Waals surface area contributed by atoms with Crippen molar-refractivity contribution in [3.8, 4) is 5.69 Å². The Kier molecular flexibility index (Phi) is 1.75. The highest BCUT2D eigenvalue weighted by molar-refractivity contribution is 5.80. The zero-order valence-electron chi connectivity index (χ0n) is 8.04. The first-order chi connectivity index (χ1) is 7.45. The van der Waals surface area contributed by atoms with Gasteiger partial charge in [-0.1, -0.05) is 0 Å². The summed E-state index contributed by atoms with van der Waals surface area (Å²) >= 11 is 0. The van der Waals surface area contributed by atoms with Gasteiger partial charge in [-0.15, -0.1) is 0 Å². The summed E-state index contributed by atoms with van der Waals surface area (Å²) in [6.45, 7) is 0. The number of hydrogen-bond acceptors (Lipinski definition) is 2. The van der Waals surface area contributed by atoms with E-state index in [4.69, 9.17) is 0 Å². The maximum Gasteiger partial charge on any atom is 0.0559 e. The molecule has 0 saturated heterocycles. The summed E-state index contributed by atoms with van der Waals surface area (Å²) in [6.07, 6.45) is 9.31. The largest absolute Gasteiger partial charge is 0.316 e. The Morgan fingerprint density at radius 3 is 2.53 bits per heavy atom. The molecule has 3 aromatic rings. The first-order valence-corrected chi connectivity index (χ1v) is 4.76. The quantitative estimate of drug-likeness (QED) is 0.597. The molecule has 0 aliphatic carbocycles. The summed E-state index contributed by atoms with van der Waals surface area (Å²) < 4.78 is 2.12. The molecule has 3 heterocycles. The fourth-order valence-corrected chi connectivity index (χ4v) is 1.71. The van der Waals surface area contributed by atoms with Crippen LogP contribution in [0.3, 0.4) is 0 Å². The van der Waals surface area contributed by atoms with E-state index in [0.29, 0.717) is 0 Å². The molecule has 72 valence electrons. The molecule has 0 aliphatic heterocycles. The van der Waals surface area contributed by atoms with E-state index in [0.717, 1.165) is 16.6 Å². The van der Waals surface area contributed by atoms with Crippen LogP contribution in [0.5, 0.6) is 0 Å². The zero-order valence-corrected chi connectivity index (χ0v) is 8.04. The number of rotatable bonds is 1. The highest BCUT2D eigenvalue weighted by Gasteiger charge is 2.01. The summed E-state index contributed by atoms with van der Waals surface area (Å²) in [5, 5.41) is 1.15. The third kappa shape index (κ3) is 1.29. The summed E-state index contributed by atoms with van der Waals surface area (Å²) in [4.78, 5) is 8.10. The summed E-state index contributed by atoms with van der Waals surface area (Å²) in [5.74, 6) is 0. The molecular weight excluding hydrogens is 186 g/mol. The lowest BCUT2D eigenvalue weighted by Crippen LogP contribution is -1.91. The average Bonchev–Trinajstić information content (AvgIpc) is 2.74. The predicted octanol–water partition coefficient (Wildman–Crippen LogP) is 2.42. The van der Waals surface area contributed by atoms with Crippen LogP contribution in [-0.4, -0.2) is 14.5 Å². The maximum absolute atomic E-state index is 4.09. The van der Waals surface area contributed by atoms with Crippen LogP contribution in [-0.2, 0) is 0 Å². The third-order valence-corrected chi connectivity index (χ3v) is 2.43. The lowest BCUT2D eigenvalue weighted by molar-refractivity contribution is 1.11. The Hall–Kier alpha value is -2.16. The Labute approximate surface area is 87.0 Å². The van der Waals surface area contributed by atoms with Gasteiger partial charge in [0.1, 0.15) is 0 Å². The van der Waals surface area contributed by atoms with Gasteiger partial charge in [-0.25, -0.2) is 0 Å². The predicted molar refractivity (Wildman–Crippen MR) is 58.9 cm³/mol. The van der Waals surface area contributed by atoms with Crippen LogP contribution in [0.15, 0.2) is 55.2 Å². The van der Waals surface area contributed by atoms with E-state index in [-0.39, 0.29) is 0 Å². The molecule has 0 radical (unpaired) electrons. The van der Waals surface area contributed by atoms with Gasteiger partial charge in [-0.2, -0.15) is 0 Å². The van der Waals surface area contributed by atoms with Gasteiger partial charge in [0.2, 0.25) is 0 Å². The minimum absolute atomic E-state index is 1.12. The second-order valence-electron chi connectivity index (χ2n) is 3.33. The van der Waals surface area contributed by atoms with Gasteiger partial charge in [0.25, 0.3) is 0 Å². The highest BCUT2D eigenvalue weighted by atomic mass is 15.0. The summed E-state index contributed by atoms with van der Waals surface area (Å²) in [7, 11) is 0. The standard InChI is InChI=1S/C12H9N3/c1-5-13-6-2-11(1)15-8-4-10-9-14-7-3-12(10)15/h1-9H.